The molecule has 7 heteroatoms. The number of anilines is 1. The van der Waals surface area contributed by atoms with Crippen molar-refractivity contribution in [3.63, 3.8) is 0 Å². The highest BCUT2D eigenvalue weighted by atomic mass is 19.1. The van der Waals surface area contributed by atoms with E-state index in [0.29, 0.717) is 24.1 Å². The van der Waals surface area contributed by atoms with E-state index in [-0.39, 0.29) is 24.2 Å². The highest BCUT2D eigenvalue weighted by molar-refractivity contribution is 6.01. The maximum atomic E-state index is 13.3. The molecule has 1 aliphatic heterocycles. The molecule has 1 aliphatic rings. The Labute approximate surface area is 155 Å². The zero-order valence-electron chi connectivity index (χ0n) is 15.1. The second-order valence-corrected chi connectivity index (χ2v) is 6.86. The lowest BCUT2D eigenvalue weighted by Gasteiger charge is -2.34. The van der Waals surface area contributed by atoms with Crippen molar-refractivity contribution in [3.8, 4) is 0 Å². The van der Waals surface area contributed by atoms with Crippen LogP contribution in [0.25, 0.3) is 11.0 Å². The Hall–Kier alpha value is -3.22. The zero-order chi connectivity index (χ0) is 19.1. The maximum Gasteiger partial charge on any atom is 0.290 e. The van der Waals surface area contributed by atoms with E-state index in [1.54, 1.807) is 4.90 Å². The quantitative estimate of drug-likeness (QED) is 0.758. The molecule has 3 aromatic rings. The molecular weight excluding hydrogens is 347 g/mol. The Kier molecular flexibility index (Phi) is 4.14. The summed E-state index contributed by atoms with van der Waals surface area (Å²) in [5.41, 5.74) is 4.00. The summed E-state index contributed by atoms with van der Waals surface area (Å²) >= 11 is 0. The summed E-state index contributed by atoms with van der Waals surface area (Å²) in [6, 6.07) is 10.1. The van der Waals surface area contributed by atoms with Gasteiger partial charge in [-0.2, -0.15) is 0 Å². The van der Waals surface area contributed by atoms with E-state index in [1.807, 2.05) is 26.0 Å². The number of carbonyl (C=O) groups is 2. The molecule has 0 spiro atoms. The van der Waals surface area contributed by atoms with Gasteiger partial charge in [0, 0.05) is 18.8 Å². The monoisotopic (exact) mass is 366 g/mol. The number of carbonyl (C=O) groups excluding carboxylic acids is 2. The molecule has 138 valence electrons. The van der Waals surface area contributed by atoms with Gasteiger partial charge >= 0.3 is 0 Å². The molecule has 0 saturated carbocycles. The fraction of sp³-hybridized carbons (Fsp3) is 0.250. The summed E-state index contributed by atoms with van der Waals surface area (Å²) in [5, 5.41) is 0. The highest BCUT2D eigenvalue weighted by Gasteiger charge is 2.30. The van der Waals surface area contributed by atoms with E-state index < -0.39 is 5.82 Å². The van der Waals surface area contributed by atoms with Gasteiger partial charge in [-0.3, -0.25) is 9.59 Å². The number of amides is 2. The summed E-state index contributed by atoms with van der Waals surface area (Å²) < 4.78 is 13.3. The highest BCUT2D eigenvalue weighted by Crippen LogP contribution is 2.22. The van der Waals surface area contributed by atoms with Crippen LogP contribution >= 0.6 is 0 Å². The van der Waals surface area contributed by atoms with Crippen molar-refractivity contribution < 1.29 is 14.0 Å². The number of aromatic nitrogens is 2. The Bertz CT molecular complexity index is 1040. The lowest BCUT2D eigenvalue weighted by Crippen LogP contribution is -2.52. The van der Waals surface area contributed by atoms with Crippen LogP contribution < -0.4 is 4.90 Å². The van der Waals surface area contributed by atoms with E-state index in [0.717, 1.165) is 16.8 Å². The second-order valence-electron chi connectivity index (χ2n) is 6.86. The van der Waals surface area contributed by atoms with Gasteiger partial charge in [0.2, 0.25) is 5.91 Å². The molecule has 2 aromatic carbocycles. The molecule has 1 N–H and O–H groups in total. The van der Waals surface area contributed by atoms with Crippen LogP contribution in [-0.2, 0) is 4.79 Å². The maximum absolute atomic E-state index is 13.3. The van der Waals surface area contributed by atoms with E-state index in [4.69, 9.17) is 0 Å². The molecule has 2 heterocycles. The fourth-order valence-corrected chi connectivity index (χ4v) is 3.46. The van der Waals surface area contributed by atoms with Gasteiger partial charge in [-0.05, 0) is 55.3 Å². The van der Waals surface area contributed by atoms with Crippen molar-refractivity contribution in [3.05, 3.63) is 59.2 Å². The molecule has 27 heavy (non-hydrogen) atoms. The summed E-state index contributed by atoms with van der Waals surface area (Å²) in [6.07, 6.45) is 0. The minimum Gasteiger partial charge on any atom is -0.334 e. The minimum atomic E-state index is -0.401. The average molecular weight is 366 g/mol. The normalized spacial score (nSPS) is 14.9. The molecule has 0 atom stereocenters. The SMILES string of the molecule is Cc1cc(C)cc(N2CCN(C(=O)c3nc4ccc(F)cc4[nH]3)CC2=O)c1. The molecule has 6 nitrogen and oxygen atoms in total. The number of nitrogens with one attached hydrogen (secondary N) is 1. The van der Waals surface area contributed by atoms with Gasteiger partial charge in [0.25, 0.3) is 5.91 Å². The number of hydrogen-bond donors (Lipinski definition) is 1. The van der Waals surface area contributed by atoms with Crippen molar-refractivity contribution in [2.45, 2.75) is 13.8 Å². The molecule has 1 fully saturated rings. The Morgan fingerprint density at radius 3 is 2.56 bits per heavy atom. The van der Waals surface area contributed by atoms with Gasteiger partial charge in [-0.15, -0.1) is 0 Å². The Morgan fingerprint density at radius 1 is 1.11 bits per heavy atom. The van der Waals surface area contributed by atoms with Gasteiger partial charge in [0.15, 0.2) is 5.82 Å². The summed E-state index contributed by atoms with van der Waals surface area (Å²) in [4.78, 5) is 35.6. The van der Waals surface area contributed by atoms with Crippen molar-refractivity contribution in [2.75, 3.05) is 24.5 Å². The first-order valence-corrected chi connectivity index (χ1v) is 8.74. The topological polar surface area (TPSA) is 69.3 Å². The molecule has 1 aromatic heterocycles. The van der Waals surface area contributed by atoms with Crippen LogP contribution in [-0.4, -0.2) is 46.3 Å². The number of halogens is 1. The number of hydrogen-bond acceptors (Lipinski definition) is 3. The molecular formula is C20H19FN4O2. The lowest BCUT2D eigenvalue weighted by molar-refractivity contribution is -0.120. The Balaban J connectivity index is 1.53. The zero-order valence-corrected chi connectivity index (χ0v) is 15.1. The summed E-state index contributed by atoms with van der Waals surface area (Å²) in [5.74, 6) is -0.785. The van der Waals surface area contributed by atoms with Gasteiger partial charge in [0.05, 0.1) is 11.0 Å². The van der Waals surface area contributed by atoms with E-state index >= 15 is 0 Å². The molecule has 2 amide bonds. The number of piperazine rings is 1. The first-order chi connectivity index (χ1) is 12.9. The first-order valence-electron chi connectivity index (χ1n) is 8.74. The number of benzene rings is 2. The van der Waals surface area contributed by atoms with Crippen LogP contribution in [0.1, 0.15) is 21.7 Å². The number of imidazole rings is 1. The molecule has 0 radical (unpaired) electrons. The third kappa shape index (κ3) is 3.28. The second kappa shape index (κ2) is 6.50. The number of rotatable bonds is 2. The number of aromatic amines is 1. The molecule has 0 unspecified atom stereocenters. The number of fused-ring (bicyclic) bond motifs is 1. The smallest absolute Gasteiger partial charge is 0.290 e. The third-order valence-corrected chi connectivity index (χ3v) is 4.67. The van der Waals surface area contributed by atoms with Crippen LogP contribution in [0.2, 0.25) is 0 Å². The average Bonchev–Trinajstić information content (AvgIpc) is 3.03. The van der Waals surface area contributed by atoms with E-state index in [1.165, 1.54) is 23.1 Å². The van der Waals surface area contributed by atoms with Crippen LogP contribution in [0.3, 0.4) is 0 Å². The van der Waals surface area contributed by atoms with Crippen molar-refractivity contribution in [2.24, 2.45) is 0 Å². The van der Waals surface area contributed by atoms with Crippen molar-refractivity contribution in [1.82, 2.24) is 14.9 Å². The molecule has 0 aliphatic carbocycles. The fourth-order valence-electron chi connectivity index (χ4n) is 3.46. The van der Waals surface area contributed by atoms with E-state index in [9.17, 15) is 14.0 Å². The number of nitrogens with zero attached hydrogens (tertiary/aromatic N) is 3. The summed E-state index contributed by atoms with van der Waals surface area (Å²) in [7, 11) is 0. The van der Waals surface area contributed by atoms with Crippen LogP contribution in [0.5, 0.6) is 0 Å². The van der Waals surface area contributed by atoms with Gasteiger partial charge in [-0.1, -0.05) is 6.07 Å². The lowest BCUT2D eigenvalue weighted by atomic mass is 10.1. The van der Waals surface area contributed by atoms with Crippen molar-refractivity contribution >= 4 is 28.5 Å². The predicted molar refractivity (Wildman–Crippen MR) is 100 cm³/mol. The molecule has 4 rings (SSSR count). The number of aryl methyl sites for hydroxylation is 2. The molecule has 1 saturated heterocycles. The first kappa shape index (κ1) is 17.2. The van der Waals surface area contributed by atoms with Crippen molar-refractivity contribution in [1.29, 1.82) is 0 Å². The van der Waals surface area contributed by atoms with Gasteiger partial charge in [0.1, 0.15) is 12.4 Å². The van der Waals surface area contributed by atoms with Crippen LogP contribution in [0.15, 0.2) is 36.4 Å². The van der Waals surface area contributed by atoms with Crippen LogP contribution in [0.4, 0.5) is 10.1 Å². The van der Waals surface area contributed by atoms with Gasteiger partial charge in [-0.25, -0.2) is 9.37 Å². The number of H-pyrrole nitrogens is 1. The minimum absolute atomic E-state index is 0.0166. The third-order valence-electron chi connectivity index (χ3n) is 4.67. The standard InChI is InChI=1S/C20H19FN4O2/c1-12-7-13(2)9-15(8-12)25-6-5-24(11-18(25)26)20(27)19-22-16-4-3-14(21)10-17(16)23-19/h3-4,7-10H,5-6,11H2,1-2H3,(H,22,23). The molecule has 0 bridgehead atoms. The van der Waals surface area contributed by atoms with E-state index in [2.05, 4.69) is 16.0 Å². The Morgan fingerprint density at radius 2 is 1.85 bits per heavy atom. The summed E-state index contributed by atoms with van der Waals surface area (Å²) in [6.45, 7) is 4.79. The largest absolute Gasteiger partial charge is 0.334 e. The van der Waals surface area contributed by atoms with Crippen LogP contribution in [0, 0.1) is 19.7 Å². The predicted octanol–water partition coefficient (Wildman–Crippen LogP) is 2.81. The van der Waals surface area contributed by atoms with Gasteiger partial charge < -0.3 is 14.8 Å².